The highest BCUT2D eigenvalue weighted by atomic mass is 35.5. The third kappa shape index (κ3) is 5.05. The number of hydrogen-bond donors (Lipinski definition) is 2. The smallest absolute Gasteiger partial charge is 0.346 e. The molecule has 26 heavy (non-hydrogen) atoms. The van der Waals surface area contributed by atoms with E-state index in [1.54, 1.807) is 0 Å². The second kappa shape index (κ2) is 8.65. The van der Waals surface area contributed by atoms with Gasteiger partial charge in [-0.25, -0.2) is 9.67 Å². The van der Waals surface area contributed by atoms with Crippen molar-refractivity contribution >= 4 is 30.7 Å². The van der Waals surface area contributed by atoms with Gasteiger partial charge in [-0.2, -0.15) is 13.2 Å². The van der Waals surface area contributed by atoms with Crippen molar-refractivity contribution in [2.45, 2.75) is 25.1 Å². The fourth-order valence-corrected chi connectivity index (χ4v) is 2.28. The van der Waals surface area contributed by atoms with Gasteiger partial charge in [0.25, 0.3) is 5.91 Å². The largest absolute Gasteiger partial charge is 0.417 e. The van der Waals surface area contributed by atoms with Gasteiger partial charge < -0.3 is 11.1 Å². The van der Waals surface area contributed by atoms with Gasteiger partial charge in [0, 0.05) is 18.8 Å². The molecule has 1 amide bonds. The van der Waals surface area contributed by atoms with Gasteiger partial charge in [-0.1, -0.05) is 5.21 Å². The van der Waals surface area contributed by atoms with E-state index in [0.717, 1.165) is 29.7 Å². The topological polar surface area (TPSA) is 98.7 Å². The first-order chi connectivity index (χ1) is 11.4. The van der Waals surface area contributed by atoms with Crippen LogP contribution in [0.1, 0.15) is 28.9 Å². The lowest BCUT2D eigenvalue weighted by Gasteiger charge is -2.14. The van der Waals surface area contributed by atoms with Crippen LogP contribution in [0.3, 0.4) is 0 Å². The Morgan fingerprint density at radius 1 is 1.35 bits per heavy atom. The van der Waals surface area contributed by atoms with Crippen molar-refractivity contribution in [2.75, 3.05) is 6.54 Å². The summed E-state index contributed by atoms with van der Waals surface area (Å²) in [5.41, 5.74) is 4.82. The Morgan fingerprint density at radius 2 is 2.04 bits per heavy atom. The molecule has 144 valence electrons. The highest BCUT2D eigenvalue weighted by Crippen LogP contribution is 2.32. The molecule has 0 spiro atoms. The monoisotopic (exact) mass is 412 g/mol. The summed E-state index contributed by atoms with van der Waals surface area (Å²) in [7, 11) is 0. The van der Waals surface area contributed by atoms with Crippen molar-refractivity contribution in [1.29, 1.82) is 0 Å². The van der Waals surface area contributed by atoms with E-state index >= 15 is 0 Å². The van der Waals surface area contributed by atoms with Crippen LogP contribution in [0.15, 0.2) is 24.5 Å². The molecule has 0 saturated heterocycles. The molecular formula is C14H17Cl2F3N6O. The van der Waals surface area contributed by atoms with Crippen molar-refractivity contribution in [3.8, 4) is 5.82 Å². The Hall–Kier alpha value is -1.91. The average Bonchev–Trinajstić information content (AvgIpc) is 3.27. The van der Waals surface area contributed by atoms with Crippen LogP contribution in [0.2, 0.25) is 0 Å². The summed E-state index contributed by atoms with van der Waals surface area (Å²) in [5.74, 6) is 0.105. The summed E-state index contributed by atoms with van der Waals surface area (Å²) in [6.45, 7) is 0.338. The van der Waals surface area contributed by atoms with Gasteiger partial charge in [-0.05, 0) is 30.9 Å². The molecule has 0 aromatic carbocycles. The number of carbonyl (C=O) groups is 1. The van der Waals surface area contributed by atoms with Crippen LogP contribution in [0.25, 0.3) is 5.82 Å². The van der Waals surface area contributed by atoms with Crippen LogP contribution in [-0.2, 0) is 6.18 Å². The second-order valence-electron chi connectivity index (χ2n) is 5.60. The number of aromatic nitrogens is 4. The number of nitrogens with one attached hydrogen (secondary N) is 1. The number of carbonyl (C=O) groups excluding carboxylic acids is 1. The van der Waals surface area contributed by atoms with Gasteiger partial charge >= 0.3 is 6.18 Å². The molecule has 12 heteroatoms. The lowest BCUT2D eigenvalue weighted by molar-refractivity contribution is -0.137. The van der Waals surface area contributed by atoms with Crippen molar-refractivity contribution < 1.29 is 18.0 Å². The maximum atomic E-state index is 12.5. The lowest BCUT2D eigenvalue weighted by Crippen LogP contribution is -2.41. The predicted molar refractivity (Wildman–Crippen MR) is 91.7 cm³/mol. The number of alkyl halides is 3. The number of nitrogens with zero attached hydrogens (tertiary/aromatic N) is 4. The van der Waals surface area contributed by atoms with Crippen molar-refractivity contribution in [3.05, 3.63) is 35.8 Å². The molecule has 1 unspecified atom stereocenters. The molecule has 0 aliphatic heterocycles. The fraction of sp³-hybridized carbons (Fsp3) is 0.429. The van der Waals surface area contributed by atoms with Crippen LogP contribution in [0, 0.1) is 5.92 Å². The van der Waals surface area contributed by atoms with E-state index in [1.807, 2.05) is 0 Å². The molecule has 2 heterocycles. The Balaban J connectivity index is 0.00000169. The normalized spacial score (nSPS) is 14.8. The minimum atomic E-state index is -4.46. The molecule has 7 nitrogen and oxygen atoms in total. The number of halogens is 5. The maximum Gasteiger partial charge on any atom is 0.417 e. The summed E-state index contributed by atoms with van der Waals surface area (Å²) in [6.07, 6.45) is -0.382. The minimum Gasteiger partial charge on any atom is -0.346 e. The van der Waals surface area contributed by atoms with Gasteiger partial charge in [-0.3, -0.25) is 4.79 Å². The van der Waals surface area contributed by atoms with Crippen LogP contribution in [0.5, 0.6) is 0 Å². The van der Waals surface area contributed by atoms with Crippen LogP contribution >= 0.6 is 24.8 Å². The van der Waals surface area contributed by atoms with Gasteiger partial charge in [0.15, 0.2) is 11.5 Å². The molecule has 2 aromatic heterocycles. The van der Waals surface area contributed by atoms with Crippen LogP contribution < -0.4 is 11.1 Å². The molecule has 1 aliphatic rings. The molecule has 3 rings (SSSR count). The Labute approximate surface area is 159 Å². The molecule has 1 saturated carbocycles. The molecule has 0 radical (unpaired) electrons. The van der Waals surface area contributed by atoms with E-state index in [2.05, 4.69) is 20.6 Å². The number of pyridine rings is 1. The first-order valence-electron chi connectivity index (χ1n) is 7.35. The molecule has 1 aliphatic carbocycles. The van der Waals surface area contributed by atoms with Crippen molar-refractivity contribution in [1.82, 2.24) is 25.3 Å². The first-order valence-corrected chi connectivity index (χ1v) is 7.35. The van der Waals surface area contributed by atoms with E-state index in [0.29, 0.717) is 18.7 Å². The molecule has 2 aromatic rings. The second-order valence-corrected chi connectivity index (χ2v) is 5.60. The third-order valence-corrected chi connectivity index (χ3v) is 3.80. The number of hydrogen-bond acceptors (Lipinski definition) is 5. The minimum absolute atomic E-state index is 0. The SMILES string of the molecule is Cl.Cl.NCC(NC(=O)c1cn(-c2ccc(C(F)(F)F)cn2)nn1)C1CC1. The third-order valence-electron chi connectivity index (χ3n) is 3.80. The number of rotatable bonds is 5. The zero-order valence-electron chi connectivity index (χ0n) is 13.3. The van der Waals surface area contributed by atoms with E-state index in [9.17, 15) is 18.0 Å². The van der Waals surface area contributed by atoms with Gasteiger partial charge in [0.1, 0.15) is 0 Å². The molecular weight excluding hydrogens is 396 g/mol. The number of nitrogens with two attached hydrogens (primary N) is 1. The number of amides is 1. The first kappa shape index (κ1) is 22.1. The Kier molecular flexibility index (Phi) is 7.36. The molecule has 0 bridgehead atoms. The highest BCUT2D eigenvalue weighted by Gasteiger charge is 2.32. The maximum absolute atomic E-state index is 12.5. The van der Waals surface area contributed by atoms with E-state index < -0.39 is 17.6 Å². The van der Waals surface area contributed by atoms with E-state index in [4.69, 9.17) is 5.73 Å². The zero-order chi connectivity index (χ0) is 17.3. The Morgan fingerprint density at radius 3 is 2.54 bits per heavy atom. The fourth-order valence-electron chi connectivity index (χ4n) is 2.28. The van der Waals surface area contributed by atoms with Crippen molar-refractivity contribution in [3.63, 3.8) is 0 Å². The predicted octanol–water partition coefficient (Wildman–Crippen LogP) is 1.99. The van der Waals surface area contributed by atoms with Gasteiger partial charge in [0.2, 0.25) is 0 Å². The molecule has 1 atom stereocenters. The summed E-state index contributed by atoms with van der Waals surface area (Å²) in [6, 6.07) is 1.94. The van der Waals surface area contributed by atoms with Gasteiger partial charge in [-0.15, -0.1) is 29.9 Å². The average molecular weight is 413 g/mol. The summed E-state index contributed by atoms with van der Waals surface area (Å²) < 4.78 is 38.7. The molecule has 1 fully saturated rings. The van der Waals surface area contributed by atoms with Crippen LogP contribution in [-0.4, -0.2) is 38.5 Å². The lowest BCUT2D eigenvalue weighted by atomic mass is 10.2. The summed E-state index contributed by atoms with van der Waals surface area (Å²) in [4.78, 5) is 15.8. The quantitative estimate of drug-likeness (QED) is 0.782. The van der Waals surface area contributed by atoms with Crippen molar-refractivity contribution in [2.24, 2.45) is 11.7 Å². The standard InChI is InChI=1S/C14H15F3N6O.2ClH/c15-14(16,17)9-3-4-12(19-6-9)23-7-11(21-22-23)13(24)20-10(5-18)8-1-2-8;;/h3-4,6-8,10H,1-2,5,18H2,(H,20,24);2*1H. The van der Waals surface area contributed by atoms with E-state index in [1.165, 1.54) is 6.20 Å². The molecule has 3 N–H and O–H groups in total. The highest BCUT2D eigenvalue weighted by molar-refractivity contribution is 5.92. The van der Waals surface area contributed by atoms with E-state index in [-0.39, 0.29) is 42.4 Å². The Bertz CT molecular complexity index is 733. The van der Waals surface area contributed by atoms with Crippen LogP contribution in [0.4, 0.5) is 13.2 Å². The summed E-state index contributed by atoms with van der Waals surface area (Å²) in [5, 5.41) is 10.2. The van der Waals surface area contributed by atoms with Gasteiger partial charge in [0.05, 0.1) is 11.8 Å². The zero-order valence-corrected chi connectivity index (χ0v) is 14.9. The summed E-state index contributed by atoms with van der Waals surface area (Å²) >= 11 is 0.